The van der Waals surface area contributed by atoms with E-state index in [-0.39, 0.29) is 19.4 Å². The first-order valence-electron chi connectivity index (χ1n) is 15.0. The highest BCUT2D eigenvalue weighted by Gasteiger charge is 2.27. The summed E-state index contributed by atoms with van der Waals surface area (Å²) in [4.78, 5) is 34.1. The lowest BCUT2D eigenvalue weighted by molar-refractivity contribution is -0.161. The largest absolute Gasteiger partial charge is 0.472 e. The molecule has 0 aliphatic rings. The summed E-state index contributed by atoms with van der Waals surface area (Å²) in [6.07, 6.45) is 16.0. The third-order valence-corrected chi connectivity index (χ3v) is 7.21. The van der Waals surface area contributed by atoms with Crippen molar-refractivity contribution >= 4 is 19.8 Å². The molecule has 1 unspecified atom stereocenters. The number of phosphoric ester groups is 1. The van der Waals surface area contributed by atoms with Crippen LogP contribution in [0.3, 0.4) is 0 Å². The van der Waals surface area contributed by atoms with Gasteiger partial charge in [0.05, 0.1) is 19.8 Å². The highest BCUT2D eigenvalue weighted by atomic mass is 31.2. The van der Waals surface area contributed by atoms with Crippen LogP contribution < -0.4 is 0 Å². The zero-order valence-corrected chi connectivity index (χ0v) is 25.3. The summed E-state index contributed by atoms with van der Waals surface area (Å²) >= 11 is 0. The molecule has 11 heteroatoms. The van der Waals surface area contributed by atoms with Crippen molar-refractivity contribution in [3.8, 4) is 0 Å². The van der Waals surface area contributed by atoms with E-state index in [9.17, 15) is 24.2 Å². The lowest BCUT2D eigenvalue weighted by Gasteiger charge is -2.20. The van der Waals surface area contributed by atoms with Crippen molar-refractivity contribution < 1.29 is 47.8 Å². The molecule has 0 aromatic carbocycles. The molecule has 0 bridgehead atoms. The number of aliphatic hydroxyl groups is 2. The molecule has 0 aliphatic heterocycles. The fourth-order valence-electron chi connectivity index (χ4n) is 3.87. The molecular formula is C28H55O10P. The summed E-state index contributed by atoms with van der Waals surface area (Å²) in [5.41, 5.74) is 0. The average Bonchev–Trinajstić information content (AvgIpc) is 2.91. The second kappa shape index (κ2) is 25.9. The molecule has 0 saturated heterocycles. The van der Waals surface area contributed by atoms with Gasteiger partial charge < -0.3 is 24.6 Å². The molecule has 39 heavy (non-hydrogen) atoms. The maximum Gasteiger partial charge on any atom is 0.472 e. The lowest BCUT2D eigenvalue weighted by atomic mass is 10.0. The predicted octanol–water partition coefficient (Wildman–Crippen LogP) is 5.99. The lowest BCUT2D eigenvalue weighted by Crippen LogP contribution is -2.29. The molecule has 0 amide bonds. The first-order valence-corrected chi connectivity index (χ1v) is 16.5. The molecule has 232 valence electrons. The third-order valence-electron chi connectivity index (χ3n) is 6.26. The number of carbonyl (C=O) groups excluding carboxylic acids is 2. The summed E-state index contributed by atoms with van der Waals surface area (Å²) in [7, 11) is -4.58. The van der Waals surface area contributed by atoms with Crippen LogP contribution in [0.2, 0.25) is 0 Å². The quantitative estimate of drug-likeness (QED) is 0.0570. The van der Waals surface area contributed by atoms with E-state index in [1.807, 2.05) is 6.92 Å². The van der Waals surface area contributed by atoms with Gasteiger partial charge in [0.15, 0.2) is 6.10 Å². The Morgan fingerprint density at radius 1 is 0.667 bits per heavy atom. The summed E-state index contributed by atoms with van der Waals surface area (Å²) in [5, 5.41) is 18.1. The van der Waals surface area contributed by atoms with E-state index in [0.717, 1.165) is 32.1 Å². The van der Waals surface area contributed by atoms with E-state index < -0.39 is 51.8 Å². The van der Waals surface area contributed by atoms with Crippen molar-refractivity contribution in [2.75, 3.05) is 26.4 Å². The Bertz CT molecular complexity index is 646. The van der Waals surface area contributed by atoms with Crippen LogP contribution in [-0.2, 0) is 32.7 Å². The highest BCUT2D eigenvalue weighted by Crippen LogP contribution is 2.43. The average molecular weight is 583 g/mol. The highest BCUT2D eigenvalue weighted by molar-refractivity contribution is 7.47. The predicted molar refractivity (Wildman–Crippen MR) is 150 cm³/mol. The Morgan fingerprint density at radius 3 is 1.64 bits per heavy atom. The van der Waals surface area contributed by atoms with E-state index in [0.29, 0.717) is 12.8 Å². The van der Waals surface area contributed by atoms with Gasteiger partial charge in [-0.25, -0.2) is 4.57 Å². The minimum atomic E-state index is -4.58. The van der Waals surface area contributed by atoms with E-state index in [2.05, 4.69) is 11.4 Å². The van der Waals surface area contributed by atoms with Crippen molar-refractivity contribution in [2.24, 2.45) is 0 Å². The number of hydrogen-bond acceptors (Lipinski definition) is 9. The first-order chi connectivity index (χ1) is 18.7. The van der Waals surface area contributed by atoms with Gasteiger partial charge in [-0.1, -0.05) is 104 Å². The zero-order valence-electron chi connectivity index (χ0n) is 24.4. The van der Waals surface area contributed by atoms with Gasteiger partial charge in [-0.2, -0.15) is 0 Å². The number of carbonyl (C=O) groups is 2. The third kappa shape index (κ3) is 25.7. The molecule has 0 spiro atoms. The van der Waals surface area contributed by atoms with Crippen molar-refractivity contribution in [3.63, 3.8) is 0 Å². The zero-order chi connectivity index (χ0) is 29.2. The van der Waals surface area contributed by atoms with Crippen molar-refractivity contribution in [2.45, 2.75) is 142 Å². The molecule has 3 N–H and O–H groups in total. The van der Waals surface area contributed by atoms with Crippen LogP contribution in [-0.4, -0.2) is 65.7 Å². The van der Waals surface area contributed by atoms with Gasteiger partial charge in [-0.15, -0.1) is 0 Å². The second-order valence-corrected chi connectivity index (χ2v) is 11.6. The SMILES string of the molecule is CCCCCCCCCCCCCCCC(=O)O[C@H](COC(=O)CCCCC)COP(=O)(O)OC[C@@H](O)CO. The Morgan fingerprint density at radius 2 is 1.10 bits per heavy atom. The van der Waals surface area contributed by atoms with Gasteiger partial charge in [0.25, 0.3) is 0 Å². The maximum absolute atomic E-state index is 12.3. The topological polar surface area (TPSA) is 149 Å². The van der Waals surface area contributed by atoms with E-state index in [1.54, 1.807) is 0 Å². The van der Waals surface area contributed by atoms with Crippen molar-refractivity contribution in [1.29, 1.82) is 0 Å². The number of aliphatic hydroxyl groups excluding tert-OH is 2. The molecule has 3 atom stereocenters. The molecule has 0 fully saturated rings. The Hall–Kier alpha value is -1.03. The fraction of sp³-hybridized carbons (Fsp3) is 0.929. The van der Waals surface area contributed by atoms with Crippen LogP contribution >= 0.6 is 7.82 Å². The summed E-state index contributed by atoms with van der Waals surface area (Å²) in [5.74, 6) is -0.950. The molecule has 0 radical (unpaired) electrons. The summed E-state index contributed by atoms with van der Waals surface area (Å²) in [6, 6.07) is 0. The number of ether oxygens (including phenoxy) is 2. The minimum Gasteiger partial charge on any atom is -0.462 e. The smallest absolute Gasteiger partial charge is 0.462 e. The number of hydrogen-bond donors (Lipinski definition) is 3. The molecule has 0 saturated carbocycles. The van der Waals surface area contributed by atoms with Crippen molar-refractivity contribution in [1.82, 2.24) is 0 Å². The van der Waals surface area contributed by atoms with Crippen molar-refractivity contribution in [3.05, 3.63) is 0 Å². The monoisotopic (exact) mass is 582 g/mol. The Balaban J connectivity index is 4.30. The fourth-order valence-corrected chi connectivity index (χ4v) is 4.66. The second-order valence-electron chi connectivity index (χ2n) is 10.1. The van der Waals surface area contributed by atoms with Crippen LogP contribution in [0.15, 0.2) is 0 Å². The standard InChI is InChI=1S/C28H55O10P/c1-3-5-7-8-9-10-11-12-13-14-15-16-18-20-28(32)38-26(23-35-27(31)19-17-6-4-2)24-37-39(33,34)36-22-25(30)21-29/h25-26,29-30H,3-24H2,1-2H3,(H,33,34)/t25-,26+/m0/s1. The van der Waals surface area contributed by atoms with E-state index in [4.69, 9.17) is 19.1 Å². The minimum absolute atomic E-state index is 0.189. The normalized spacial score (nSPS) is 14.5. The van der Waals surface area contributed by atoms with Gasteiger partial charge in [-0.3, -0.25) is 18.6 Å². The van der Waals surface area contributed by atoms with Crippen LogP contribution in [0.1, 0.15) is 129 Å². The van der Waals surface area contributed by atoms with Gasteiger partial charge >= 0.3 is 19.8 Å². The van der Waals surface area contributed by atoms with Crippen LogP contribution in [0, 0.1) is 0 Å². The van der Waals surface area contributed by atoms with Gasteiger partial charge in [0.1, 0.15) is 12.7 Å². The number of unbranched alkanes of at least 4 members (excludes halogenated alkanes) is 14. The van der Waals surface area contributed by atoms with E-state index in [1.165, 1.54) is 57.8 Å². The Labute approximate surface area is 235 Å². The molecule has 10 nitrogen and oxygen atoms in total. The summed E-state index contributed by atoms with van der Waals surface area (Å²) < 4.78 is 32.0. The van der Waals surface area contributed by atoms with Crippen LogP contribution in [0.5, 0.6) is 0 Å². The van der Waals surface area contributed by atoms with E-state index >= 15 is 0 Å². The molecule has 0 aromatic rings. The van der Waals surface area contributed by atoms with Crippen LogP contribution in [0.25, 0.3) is 0 Å². The van der Waals surface area contributed by atoms with Gasteiger partial charge in [0.2, 0.25) is 0 Å². The maximum atomic E-state index is 12.3. The molecular weight excluding hydrogens is 527 g/mol. The molecule has 0 rings (SSSR count). The summed E-state index contributed by atoms with van der Waals surface area (Å²) in [6.45, 7) is 2.15. The molecule has 0 aromatic heterocycles. The first kappa shape index (κ1) is 38.0. The molecule has 0 heterocycles. The Kier molecular flexibility index (Phi) is 25.2. The van der Waals surface area contributed by atoms with Crippen LogP contribution in [0.4, 0.5) is 0 Å². The number of phosphoric acid groups is 1. The number of esters is 2. The molecule has 0 aliphatic carbocycles. The number of rotatable bonds is 28. The van der Waals surface area contributed by atoms with Gasteiger partial charge in [0, 0.05) is 12.8 Å². The van der Waals surface area contributed by atoms with Gasteiger partial charge in [-0.05, 0) is 12.8 Å².